The number of likely N-dealkylation sites (tertiary alicyclic amines) is 1. The van der Waals surface area contributed by atoms with Crippen LogP contribution in [0.2, 0.25) is 0 Å². The first-order chi connectivity index (χ1) is 14.4. The van der Waals surface area contributed by atoms with Gasteiger partial charge in [-0.25, -0.2) is 9.37 Å². The third-order valence-electron chi connectivity index (χ3n) is 7.60. The van der Waals surface area contributed by atoms with Gasteiger partial charge in [-0.15, -0.1) is 0 Å². The lowest BCUT2D eigenvalue weighted by Gasteiger charge is -2.52. The number of aliphatic hydroxyl groups is 1. The number of aryl methyl sites for hydroxylation is 1. The largest absolute Gasteiger partial charge is 0.384 e. The highest BCUT2D eigenvalue weighted by Crippen LogP contribution is 2.45. The molecule has 3 aromatic rings. The summed E-state index contributed by atoms with van der Waals surface area (Å²) in [6.07, 6.45) is 6.97. The number of aromatic amines is 1. The number of benzene rings is 1. The lowest BCUT2D eigenvalue weighted by molar-refractivity contribution is -0.125. The molecule has 0 radical (unpaired) electrons. The number of aromatic nitrogens is 2. The highest BCUT2D eigenvalue weighted by Gasteiger charge is 2.48. The van der Waals surface area contributed by atoms with Crippen molar-refractivity contribution in [2.75, 3.05) is 13.1 Å². The van der Waals surface area contributed by atoms with Crippen LogP contribution in [0.1, 0.15) is 44.2 Å². The normalized spacial score (nSPS) is 28.0. The van der Waals surface area contributed by atoms with Crippen LogP contribution in [0, 0.1) is 24.6 Å². The summed E-state index contributed by atoms with van der Waals surface area (Å²) in [5.41, 5.74) is 3.51. The van der Waals surface area contributed by atoms with Gasteiger partial charge >= 0.3 is 0 Å². The Morgan fingerprint density at radius 1 is 1.17 bits per heavy atom. The molecule has 158 valence electrons. The van der Waals surface area contributed by atoms with Crippen LogP contribution < -0.4 is 0 Å². The number of hydrogen-bond acceptors (Lipinski definition) is 3. The molecule has 3 heterocycles. The number of nitrogens with one attached hydrogen (secondary N) is 1. The maximum Gasteiger partial charge on any atom is 0.150 e. The fourth-order valence-electron chi connectivity index (χ4n) is 5.66. The van der Waals surface area contributed by atoms with Gasteiger partial charge < -0.3 is 10.1 Å². The molecule has 3 atom stereocenters. The van der Waals surface area contributed by atoms with Gasteiger partial charge in [-0.05, 0) is 48.1 Å². The molecule has 0 bridgehead atoms. The van der Waals surface area contributed by atoms with Crippen molar-refractivity contribution in [1.29, 1.82) is 0 Å². The van der Waals surface area contributed by atoms with E-state index in [2.05, 4.69) is 41.7 Å². The van der Waals surface area contributed by atoms with Crippen LogP contribution >= 0.6 is 0 Å². The van der Waals surface area contributed by atoms with E-state index in [1.54, 1.807) is 6.20 Å². The molecule has 2 aliphatic rings. The Balaban J connectivity index is 1.51. The van der Waals surface area contributed by atoms with Gasteiger partial charge in [0, 0.05) is 43.4 Å². The Labute approximate surface area is 177 Å². The summed E-state index contributed by atoms with van der Waals surface area (Å²) in [6.45, 7) is 8.28. The molecule has 5 heteroatoms. The molecule has 2 N–H and O–H groups in total. The van der Waals surface area contributed by atoms with E-state index < -0.39 is 5.60 Å². The number of hydrogen-bond donors (Lipinski definition) is 2. The van der Waals surface area contributed by atoms with Crippen molar-refractivity contribution in [1.82, 2.24) is 14.9 Å². The summed E-state index contributed by atoms with van der Waals surface area (Å²) in [4.78, 5) is 9.69. The molecule has 1 unspecified atom stereocenters. The van der Waals surface area contributed by atoms with Crippen molar-refractivity contribution in [2.45, 2.75) is 51.7 Å². The summed E-state index contributed by atoms with van der Waals surface area (Å²) in [5, 5.41) is 12.4. The number of rotatable bonds is 3. The number of fused-ring (bicyclic) bond motifs is 1. The molecule has 1 saturated carbocycles. The minimum Gasteiger partial charge on any atom is -0.384 e. The van der Waals surface area contributed by atoms with E-state index in [0.717, 1.165) is 35.3 Å². The van der Waals surface area contributed by atoms with Crippen molar-refractivity contribution in [3.63, 3.8) is 0 Å². The highest BCUT2D eigenvalue weighted by molar-refractivity contribution is 5.93. The Hall–Kier alpha value is -2.24. The van der Waals surface area contributed by atoms with Gasteiger partial charge in [-0.2, -0.15) is 0 Å². The van der Waals surface area contributed by atoms with Crippen molar-refractivity contribution < 1.29 is 9.50 Å². The maximum absolute atomic E-state index is 14.3. The lowest BCUT2D eigenvalue weighted by Crippen LogP contribution is -2.58. The Morgan fingerprint density at radius 2 is 1.90 bits per heavy atom. The summed E-state index contributed by atoms with van der Waals surface area (Å²) in [5.74, 6) is 0.0152. The van der Waals surface area contributed by atoms with Crippen molar-refractivity contribution in [3.05, 3.63) is 53.6 Å². The number of H-pyrrole nitrogens is 1. The minimum absolute atomic E-state index is 0.154. The average molecular weight is 408 g/mol. The predicted molar refractivity (Wildman–Crippen MR) is 118 cm³/mol. The first-order valence-electron chi connectivity index (χ1n) is 11.1. The number of pyridine rings is 1. The monoisotopic (exact) mass is 407 g/mol. The lowest BCUT2D eigenvalue weighted by atomic mass is 9.68. The smallest absolute Gasteiger partial charge is 0.150 e. The SMILES string of the molecule is Cc1cc(-c2ccnc3[nH]cc(F)c23)ccc1C1(O)[C@H](C)CN(C2CCC2)C[C@@H]1C. The Morgan fingerprint density at radius 3 is 2.53 bits per heavy atom. The molecule has 0 spiro atoms. The van der Waals surface area contributed by atoms with Gasteiger partial charge in [-0.1, -0.05) is 38.5 Å². The average Bonchev–Trinajstić information content (AvgIpc) is 3.06. The molecule has 2 fully saturated rings. The van der Waals surface area contributed by atoms with Crippen LogP contribution in [0.3, 0.4) is 0 Å². The van der Waals surface area contributed by atoms with Gasteiger partial charge in [-0.3, -0.25) is 4.90 Å². The third kappa shape index (κ3) is 2.90. The number of halogens is 1. The molecule has 1 aliphatic heterocycles. The van der Waals surface area contributed by atoms with Crippen LogP contribution in [0.5, 0.6) is 0 Å². The summed E-state index contributed by atoms with van der Waals surface area (Å²) < 4.78 is 14.3. The number of nitrogens with zero attached hydrogens (tertiary/aromatic N) is 2. The van der Waals surface area contributed by atoms with Crippen molar-refractivity contribution in [3.8, 4) is 11.1 Å². The molecule has 1 saturated heterocycles. The Kier molecular flexibility index (Phi) is 4.71. The van der Waals surface area contributed by atoms with E-state index in [4.69, 9.17) is 0 Å². The summed E-state index contributed by atoms with van der Waals surface area (Å²) in [7, 11) is 0. The fourth-order valence-corrected chi connectivity index (χ4v) is 5.66. The van der Waals surface area contributed by atoms with Gasteiger partial charge in [0.15, 0.2) is 5.82 Å². The van der Waals surface area contributed by atoms with Crippen molar-refractivity contribution in [2.24, 2.45) is 11.8 Å². The highest BCUT2D eigenvalue weighted by atomic mass is 19.1. The second-order valence-corrected chi connectivity index (χ2v) is 9.41. The van der Waals surface area contributed by atoms with Crippen LogP contribution in [0.4, 0.5) is 4.39 Å². The zero-order valence-corrected chi connectivity index (χ0v) is 18.0. The van der Waals surface area contributed by atoms with Crippen LogP contribution in [0.15, 0.2) is 36.7 Å². The minimum atomic E-state index is -0.851. The van der Waals surface area contributed by atoms with E-state index in [9.17, 15) is 9.50 Å². The standard InChI is InChI=1S/C25H30FN3O/c1-15-11-18(20-9-10-27-24-23(20)22(26)12-28-24)7-8-21(15)25(30)16(2)13-29(14-17(25)3)19-5-4-6-19/h7-12,16-17,19,30H,4-6,13-14H2,1-3H3,(H,27,28)/t16-,17+,25?. The summed E-state index contributed by atoms with van der Waals surface area (Å²) in [6, 6.07) is 8.69. The molecule has 0 amide bonds. The zero-order valence-electron chi connectivity index (χ0n) is 18.0. The van der Waals surface area contributed by atoms with Crippen LogP contribution in [0.25, 0.3) is 22.2 Å². The second kappa shape index (κ2) is 7.17. The van der Waals surface area contributed by atoms with Gasteiger partial charge in [0.25, 0.3) is 0 Å². The van der Waals surface area contributed by atoms with E-state index in [-0.39, 0.29) is 17.7 Å². The zero-order chi connectivity index (χ0) is 21.0. The van der Waals surface area contributed by atoms with Gasteiger partial charge in [0.2, 0.25) is 0 Å². The quantitative estimate of drug-likeness (QED) is 0.642. The molecule has 2 aromatic heterocycles. The fraction of sp³-hybridized carbons (Fsp3) is 0.480. The second-order valence-electron chi connectivity index (χ2n) is 9.41. The van der Waals surface area contributed by atoms with E-state index in [1.165, 1.54) is 25.5 Å². The number of piperidine rings is 1. The van der Waals surface area contributed by atoms with E-state index >= 15 is 0 Å². The molecule has 30 heavy (non-hydrogen) atoms. The van der Waals surface area contributed by atoms with Crippen molar-refractivity contribution >= 4 is 11.0 Å². The first kappa shape index (κ1) is 19.7. The molecule has 5 rings (SSSR count). The van der Waals surface area contributed by atoms with Gasteiger partial charge in [0.05, 0.1) is 11.0 Å². The topological polar surface area (TPSA) is 52.1 Å². The summed E-state index contributed by atoms with van der Waals surface area (Å²) >= 11 is 0. The van der Waals surface area contributed by atoms with Gasteiger partial charge in [0.1, 0.15) is 5.65 Å². The van der Waals surface area contributed by atoms with E-state index in [1.807, 2.05) is 18.2 Å². The van der Waals surface area contributed by atoms with E-state index in [0.29, 0.717) is 17.1 Å². The molecule has 1 aromatic carbocycles. The Bertz CT molecular complexity index is 1080. The predicted octanol–water partition coefficient (Wildman–Crippen LogP) is 5.01. The molecular weight excluding hydrogens is 377 g/mol. The van der Waals surface area contributed by atoms with Crippen LogP contribution in [-0.2, 0) is 5.60 Å². The first-order valence-corrected chi connectivity index (χ1v) is 11.1. The molecule has 4 nitrogen and oxygen atoms in total. The third-order valence-corrected chi connectivity index (χ3v) is 7.60. The molecular formula is C25H30FN3O. The van der Waals surface area contributed by atoms with Crippen LogP contribution in [-0.4, -0.2) is 39.1 Å². The maximum atomic E-state index is 14.3. The molecule has 1 aliphatic carbocycles.